The molecule has 0 fully saturated rings. The fourth-order valence-electron chi connectivity index (χ4n) is 1.32. The number of aromatic carboxylic acids is 1. The normalized spacial score (nSPS) is 10.6. The molecule has 1 aromatic heterocycles. The van der Waals surface area contributed by atoms with E-state index in [0.717, 1.165) is 6.07 Å². The summed E-state index contributed by atoms with van der Waals surface area (Å²) in [4.78, 5) is 10.6. The van der Waals surface area contributed by atoms with Gasteiger partial charge in [-0.3, -0.25) is 0 Å². The third-order valence-corrected chi connectivity index (χ3v) is 2.92. The molecular weight excluding hydrogens is 313 g/mol. The van der Waals surface area contributed by atoms with E-state index in [9.17, 15) is 19.4 Å². The number of benzene rings is 1. The Hall–Kier alpha value is -2.09. The van der Waals surface area contributed by atoms with Gasteiger partial charge in [-0.15, -0.1) is 0 Å². The van der Waals surface area contributed by atoms with E-state index in [-0.39, 0.29) is 15.8 Å². The first-order valence-corrected chi connectivity index (χ1v) is 5.31. The van der Waals surface area contributed by atoms with Gasteiger partial charge in [0.2, 0.25) is 0 Å². The third-order valence-electron chi connectivity index (χ3n) is 2.15. The number of aromatic nitrogens is 1. The molecule has 1 heterocycles. The average Bonchev–Trinajstić information content (AvgIpc) is 2.75. The Balaban J connectivity index is 2.63. The molecule has 94 valence electrons. The second-order valence-electron chi connectivity index (χ2n) is 3.30. The van der Waals surface area contributed by atoms with E-state index in [2.05, 4.69) is 25.6 Å². The zero-order chi connectivity index (χ0) is 13.4. The number of nitrogens with zero attached hydrogens (tertiary/aromatic N) is 1. The lowest BCUT2D eigenvalue weighted by Gasteiger charge is -2.06. The van der Waals surface area contributed by atoms with Crippen molar-refractivity contribution in [3.05, 3.63) is 28.1 Å². The monoisotopic (exact) mass is 317 g/mol. The minimum atomic E-state index is -1.33. The van der Waals surface area contributed by atoms with Crippen LogP contribution in [0.1, 0.15) is 10.5 Å². The van der Waals surface area contributed by atoms with Crippen LogP contribution in [0.15, 0.2) is 21.1 Å². The summed E-state index contributed by atoms with van der Waals surface area (Å²) in [7, 11) is 0. The predicted molar refractivity (Wildman–Crippen MR) is 59.9 cm³/mol. The number of aromatic hydroxyl groups is 2. The molecule has 18 heavy (non-hydrogen) atoms. The minimum Gasteiger partial charge on any atom is -0.504 e. The number of phenolic OH excluding ortho intramolecular Hbond substituents is 2. The van der Waals surface area contributed by atoms with Crippen molar-refractivity contribution in [1.29, 1.82) is 0 Å². The number of phenols is 2. The molecule has 0 aliphatic heterocycles. The Labute approximate surface area is 107 Å². The van der Waals surface area contributed by atoms with Gasteiger partial charge in [0.1, 0.15) is 5.82 Å². The van der Waals surface area contributed by atoms with Gasteiger partial charge in [-0.2, -0.15) is 0 Å². The minimum absolute atomic E-state index is 0.159. The van der Waals surface area contributed by atoms with E-state index < -0.39 is 29.0 Å². The van der Waals surface area contributed by atoms with Crippen LogP contribution in [0.2, 0.25) is 0 Å². The number of carboxylic acids is 1. The molecule has 0 unspecified atom stereocenters. The first kappa shape index (κ1) is 12.4. The fraction of sp³-hybridized carbons (Fsp3) is 0. The number of carboxylic acid groups (broad SMARTS) is 1. The summed E-state index contributed by atoms with van der Waals surface area (Å²) in [6.45, 7) is 0. The number of hydrogen-bond donors (Lipinski definition) is 3. The quantitative estimate of drug-likeness (QED) is 0.734. The van der Waals surface area contributed by atoms with E-state index in [1.165, 1.54) is 0 Å². The van der Waals surface area contributed by atoms with Crippen LogP contribution in [-0.2, 0) is 0 Å². The van der Waals surface area contributed by atoms with Gasteiger partial charge in [0.05, 0.1) is 10.0 Å². The molecule has 2 aromatic rings. The molecule has 8 heteroatoms. The molecule has 0 amide bonds. The third kappa shape index (κ3) is 1.90. The van der Waals surface area contributed by atoms with Crippen molar-refractivity contribution < 1.29 is 29.0 Å². The van der Waals surface area contributed by atoms with Crippen molar-refractivity contribution in [2.45, 2.75) is 0 Å². The zero-order valence-corrected chi connectivity index (χ0v) is 10.1. The zero-order valence-electron chi connectivity index (χ0n) is 8.52. The highest BCUT2D eigenvalue weighted by Gasteiger charge is 2.22. The molecule has 6 nitrogen and oxygen atoms in total. The van der Waals surface area contributed by atoms with Gasteiger partial charge >= 0.3 is 5.97 Å². The summed E-state index contributed by atoms with van der Waals surface area (Å²) in [5, 5.41) is 30.5. The lowest BCUT2D eigenvalue weighted by molar-refractivity contribution is 0.0686. The molecule has 0 aliphatic carbocycles. The molecule has 0 radical (unpaired) electrons. The SMILES string of the molecule is O=C(O)c1cc(-c2c(F)cc(O)c(O)c2Br)on1. The first-order valence-electron chi connectivity index (χ1n) is 4.52. The summed E-state index contributed by atoms with van der Waals surface area (Å²) in [5.74, 6) is -3.65. The van der Waals surface area contributed by atoms with Crippen LogP contribution in [0.5, 0.6) is 11.5 Å². The van der Waals surface area contributed by atoms with Crippen molar-refractivity contribution in [1.82, 2.24) is 5.16 Å². The van der Waals surface area contributed by atoms with Crippen molar-refractivity contribution >= 4 is 21.9 Å². The van der Waals surface area contributed by atoms with Crippen molar-refractivity contribution in [3.8, 4) is 22.8 Å². The van der Waals surface area contributed by atoms with Gasteiger partial charge in [-0.25, -0.2) is 9.18 Å². The second-order valence-corrected chi connectivity index (χ2v) is 4.09. The highest BCUT2D eigenvalue weighted by atomic mass is 79.9. The van der Waals surface area contributed by atoms with Crippen LogP contribution < -0.4 is 0 Å². The van der Waals surface area contributed by atoms with Crippen LogP contribution >= 0.6 is 15.9 Å². The maximum absolute atomic E-state index is 13.7. The van der Waals surface area contributed by atoms with Gasteiger partial charge in [0.25, 0.3) is 0 Å². The molecule has 1 aromatic carbocycles. The molecule has 0 aliphatic rings. The van der Waals surface area contributed by atoms with Crippen LogP contribution in [0.25, 0.3) is 11.3 Å². The molecule has 0 bridgehead atoms. The summed E-state index contributed by atoms with van der Waals surface area (Å²) >= 11 is 2.88. The molecular formula is C10H5BrFNO5. The van der Waals surface area contributed by atoms with Gasteiger partial charge in [0.15, 0.2) is 23.0 Å². The maximum atomic E-state index is 13.7. The topological polar surface area (TPSA) is 104 Å². The number of hydrogen-bond acceptors (Lipinski definition) is 5. The Morgan fingerprint density at radius 1 is 1.39 bits per heavy atom. The van der Waals surface area contributed by atoms with Crippen LogP contribution in [0.4, 0.5) is 4.39 Å². The van der Waals surface area contributed by atoms with Gasteiger partial charge in [-0.05, 0) is 15.9 Å². The van der Waals surface area contributed by atoms with Gasteiger partial charge < -0.3 is 19.8 Å². The largest absolute Gasteiger partial charge is 0.504 e. The standard InChI is InChI=1S/C10H5BrFNO5/c11-8-7(3(12)1-5(14)9(8)15)6-2-4(10(16)17)13-18-6/h1-2,14-15H,(H,16,17). The van der Waals surface area contributed by atoms with Crippen LogP contribution in [0, 0.1) is 5.82 Å². The van der Waals surface area contributed by atoms with Gasteiger partial charge in [0, 0.05) is 12.1 Å². The molecule has 0 saturated heterocycles. The van der Waals surface area contributed by atoms with Crippen molar-refractivity contribution in [2.24, 2.45) is 0 Å². The van der Waals surface area contributed by atoms with Crippen molar-refractivity contribution in [2.75, 3.05) is 0 Å². The van der Waals surface area contributed by atoms with Crippen LogP contribution in [0.3, 0.4) is 0 Å². The van der Waals surface area contributed by atoms with Crippen molar-refractivity contribution in [3.63, 3.8) is 0 Å². The van der Waals surface area contributed by atoms with E-state index in [0.29, 0.717) is 6.07 Å². The lowest BCUT2D eigenvalue weighted by Crippen LogP contribution is -1.94. The summed E-state index contributed by atoms with van der Waals surface area (Å²) in [6, 6.07) is 1.68. The van der Waals surface area contributed by atoms with Gasteiger partial charge in [-0.1, -0.05) is 5.16 Å². The molecule has 3 N–H and O–H groups in total. The summed E-state index contributed by atoms with van der Waals surface area (Å²) < 4.78 is 18.2. The van der Waals surface area contributed by atoms with Crippen LogP contribution in [-0.4, -0.2) is 26.4 Å². The highest BCUT2D eigenvalue weighted by Crippen LogP contribution is 2.42. The predicted octanol–water partition coefficient (Wildman–Crippen LogP) is 2.35. The van der Waals surface area contributed by atoms with E-state index in [4.69, 9.17) is 5.11 Å². The molecule has 0 atom stereocenters. The Morgan fingerprint density at radius 3 is 2.61 bits per heavy atom. The molecule has 0 saturated carbocycles. The second kappa shape index (κ2) is 4.30. The Morgan fingerprint density at radius 2 is 2.06 bits per heavy atom. The number of carbonyl (C=O) groups is 1. The average molecular weight is 318 g/mol. The molecule has 2 rings (SSSR count). The highest BCUT2D eigenvalue weighted by molar-refractivity contribution is 9.10. The summed E-state index contributed by atoms with van der Waals surface area (Å²) in [6.07, 6.45) is 0. The Bertz CT molecular complexity index is 639. The lowest BCUT2D eigenvalue weighted by atomic mass is 10.1. The molecule has 0 spiro atoms. The first-order chi connectivity index (χ1) is 8.41. The maximum Gasteiger partial charge on any atom is 0.358 e. The Kier molecular flexibility index (Phi) is 2.95. The van der Waals surface area contributed by atoms with E-state index in [1.54, 1.807) is 0 Å². The smallest absolute Gasteiger partial charge is 0.358 e. The number of halogens is 2. The van der Waals surface area contributed by atoms with E-state index >= 15 is 0 Å². The van der Waals surface area contributed by atoms with E-state index in [1.807, 2.05) is 0 Å². The summed E-state index contributed by atoms with van der Waals surface area (Å²) in [5.41, 5.74) is -0.630. The fourth-order valence-corrected chi connectivity index (χ4v) is 1.90. The number of rotatable bonds is 2.